The van der Waals surface area contributed by atoms with Crippen LogP contribution in [0.15, 0.2) is 18.2 Å². The third-order valence-corrected chi connectivity index (χ3v) is 2.11. The van der Waals surface area contributed by atoms with Crippen LogP contribution in [0.25, 0.3) is 0 Å². The third-order valence-electron chi connectivity index (χ3n) is 2.11. The predicted octanol–water partition coefficient (Wildman–Crippen LogP) is 0.495. The molecule has 4 heteroatoms. The zero-order chi connectivity index (χ0) is 10.7. The lowest BCUT2D eigenvalue weighted by atomic mass is 10.0. The summed E-state index contributed by atoms with van der Waals surface area (Å²) in [6, 6.07) is 6.66. The maximum atomic E-state index is 9.54. The van der Waals surface area contributed by atoms with Gasteiger partial charge in [0.05, 0.1) is 6.07 Å². The first-order chi connectivity index (χ1) is 6.57. The number of benzene rings is 1. The SMILES string of the molecule is Cc1cccc(C(O)C(O)C#N)c1N. The average Bonchev–Trinajstić information content (AvgIpc) is 2.20. The fourth-order valence-electron chi connectivity index (χ4n) is 1.20. The molecule has 1 aromatic rings. The summed E-state index contributed by atoms with van der Waals surface area (Å²) in [5.41, 5.74) is 7.31. The number of hydrogen-bond acceptors (Lipinski definition) is 4. The fourth-order valence-corrected chi connectivity index (χ4v) is 1.20. The molecule has 0 amide bonds. The van der Waals surface area contributed by atoms with Gasteiger partial charge in [0.2, 0.25) is 0 Å². The Labute approximate surface area is 82.2 Å². The minimum Gasteiger partial charge on any atom is -0.398 e. The largest absolute Gasteiger partial charge is 0.398 e. The molecule has 0 bridgehead atoms. The van der Waals surface area contributed by atoms with Gasteiger partial charge in [-0.15, -0.1) is 0 Å². The Morgan fingerprint density at radius 1 is 1.43 bits per heavy atom. The van der Waals surface area contributed by atoms with Crippen LogP contribution >= 0.6 is 0 Å². The van der Waals surface area contributed by atoms with E-state index in [0.29, 0.717) is 11.3 Å². The number of anilines is 1. The highest BCUT2D eigenvalue weighted by Crippen LogP contribution is 2.25. The van der Waals surface area contributed by atoms with Gasteiger partial charge in [0.15, 0.2) is 6.10 Å². The number of nitriles is 1. The summed E-state index contributed by atoms with van der Waals surface area (Å²) in [6.45, 7) is 1.80. The van der Waals surface area contributed by atoms with Gasteiger partial charge in [-0.05, 0) is 12.5 Å². The highest BCUT2D eigenvalue weighted by atomic mass is 16.3. The molecule has 74 valence electrons. The van der Waals surface area contributed by atoms with E-state index in [1.807, 2.05) is 0 Å². The van der Waals surface area contributed by atoms with Gasteiger partial charge < -0.3 is 15.9 Å². The molecule has 4 N–H and O–H groups in total. The molecule has 0 saturated carbocycles. The summed E-state index contributed by atoms with van der Waals surface area (Å²) in [7, 11) is 0. The van der Waals surface area contributed by atoms with Gasteiger partial charge in [-0.3, -0.25) is 0 Å². The van der Waals surface area contributed by atoms with Gasteiger partial charge in [0.1, 0.15) is 6.10 Å². The second-order valence-corrected chi connectivity index (χ2v) is 3.10. The Bertz CT molecular complexity index is 371. The Balaban J connectivity index is 3.08. The van der Waals surface area contributed by atoms with Crippen molar-refractivity contribution in [2.45, 2.75) is 19.1 Å². The van der Waals surface area contributed by atoms with Crippen molar-refractivity contribution in [2.75, 3.05) is 5.73 Å². The molecule has 0 saturated heterocycles. The van der Waals surface area contributed by atoms with Crippen LogP contribution in [0.4, 0.5) is 5.69 Å². The van der Waals surface area contributed by atoms with Crippen molar-refractivity contribution >= 4 is 5.69 Å². The first kappa shape index (κ1) is 10.5. The zero-order valence-corrected chi connectivity index (χ0v) is 7.81. The van der Waals surface area contributed by atoms with Gasteiger partial charge in [-0.2, -0.15) is 5.26 Å². The van der Waals surface area contributed by atoms with Crippen LogP contribution in [-0.4, -0.2) is 16.3 Å². The van der Waals surface area contributed by atoms with Gasteiger partial charge >= 0.3 is 0 Å². The number of aryl methyl sites for hydroxylation is 1. The second kappa shape index (κ2) is 4.09. The highest BCUT2D eigenvalue weighted by Gasteiger charge is 2.20. The van der Waals surface area contributed by atoms with Gasteiger partial charge in [-0.25, -0.2) is 0 Å². The molecule has 0 fully saturated rings. The molecule has 0 aromatic heterocycles. The molecule has 14 heavy (non-hydrogen) atoms. The van der Waals surface area contributed by atoms with Crippen molar-refractivity contribution in [1.82, 2.24) is 0 Å². The molecule has 2 unspecified atom stereocenters. The smallest absolute Gasteiger partial charge is 0.170 e. The molecule has 0 heterocycles. The number of rotatable bonds is 2. The zero-order valence-electron chi connectivity index (χ0n) is 7.81. The number of aliphatic hydroxyl groups excluding tert-OH is 2. The molecule has 1 aromatic carbocycles. The standard InChI is InChI=1S/C10H12N2O2/c1-6-3-2-4-7(9(6)12)10(14)8(13)5-11/h2-4,8,10,13-14H,12H2,1H3. The number of hydrogen-bond donors (Lipinski definition) is 3. The summed E-state index contributed by atoms with van der Waals surface area (Å²) >= 11 is 0. The van der Waals surface area contributed by atoms with Gasteiger partial charge in [0.25, 0.3) is 0 Å². The third kappa shape index (κ3) is 1.84. The second-order valence-electron chi connectivity index (χ2n) is 3.10. The Morgan fingerprint density at radius 2 is 2.07 bits per heavy atom. The Morgan fingerprint density at radius 3 is 2.64 bits per heavy atom. The monoisotopic (exact) mass is 192 g/mol. The predicted molar refractivity (Wildman–Crippen MR) is 52.2 cm³/mol. The van der Waals surface area contributed by atoms with E-state index in [2.05, 4.69) is 0 Å². The van der Waals surface area contributed by atoms with E-state index in [4.69, 9.17) is 16.1 Å². The van der Waals surface area contributed by atoms with Crippen LogP contribution < -0.4 is 5.73 Å². The van der Waals surface area contributed by atoms with E-state index < -0.39 is 12.2 Å². The minimum absolute atomic E-state index is 0.388. The van der Waals surface area contributed by atoms with Crippen molar-refractivity contribution in [3.8, 4) is 6.07 Å². The van der Waals surface area contributed by atoms with E-state index in [1.165, 1.54) is 0 Å². The normalized spacial score (nSPS) is 14.4. The summed E-state index contributed by atoms with van der Waals surface area (Å²) < 4.78 is 0. The Hall–Kier alpha value is -1.57. The maximum absolute atomic E-state index is 9.54. The van der Waals surface area contributed by atoms with E-state index in [1.54, 1.807) is 31.2 Å². The molecule has 0 aliphatic rings. The van der Waals surface area contributed by atoms with Crippen molar-refractivity contribution < 1.29 is 10.2 Å². The van der Waals surface area contributed by atoms with E-state index in [-0.39, 0.29) is 0 Å². The molecule has 1 rings (SSSR count). The molecular weight excluding hydrogens is 180 g/mol. The summed E-state index contributed by atoms with van der Waals surface area (Å²) in [5.74, 6) is 0. The van der Waals surface area contributed by atoms with Crippen LogP contribution in [-0.2, 0) is 0 Å². The van der Waals surface area contributed by atoms with E-state index in [0.717, 1.165) is 5.56 Å². The lowest BCUT2D eigenvalue weighted by Crippen LogP contribution is -2.17. The van der Waals surface area contributed by atoms with Crippen LogP contribution in [0.5, 0.6) is 0 Å². The lowest BCUT2D eigenvalue weighted by molar-refractivity contribution is 0.0532. The summed E-state index contributed by atoms with van der Waals surface area (Å²) in [4.78, 5) is 0. The summed E-state index contributed by atoms with van der Waals surface area (Å²) in [6.07, 6.45) is -2.70. The molecular formula is C10H12N2O2. The molecule has 0 spiro atoms. The Kier molecular flexibility index (Phi) is 3.07. The first-order valence-electron chi connectivity index (χ1n) is 4.18. The molecule has 2 atom stereocenters. The fraction of sp³-hybridized carbons (Fsp3) is 0.300. The van der Waals surface area contributed by atoms with E-state index in [9.17, 15) is 5.11 Å². The van der Waals surface area contributed by atoms with Gasteiger partial charge in [0, 0.05) is 11.3 Å². The number of para-hydroxylation sites is 1. The summed E-state index contributed by atoms with van der Waals surface area (Å²) in [5, 5.41) is 27.1. The number of aliphatic hydroxyl groups is 2. The van der Waals surface area contributed by atoms with Crippen LogP contribution in [0, 0.1) is 18.3 Å². The number of nitrogens with zero attached hydrogens (tertiary/aromatic N) is 1. The molecule has 0 radical (unpaired) electrons. The first-order valence-corrected chi connectivity index (χ1v) is 4.18. The minimum atomic E-state index is -1.45. The molecule has 0 aliphatic carbocycles. The molecule has 0 aliphatic heterocycles. The quantitative estimate of drug-likeness (QED) is 0.470. The van der Waals surface area contributed by atoms with Crippen molar-refractivity contribution in [1.29, 1.82) is 5.26 Å². The topological polar surface area (TPSA) is 90.3 Å². The maximum Gasteiger partial charge on any atom is 0.170 e. The van der Waals surface area contributed by atoms with Crippen LogP contribution in [0.3, 0.4) is 0 Å². The van der Waals surface area contributed by atoms with Crippen molar-refractivity contribution in [3.63, 3.8) is 0 Å². The average molecular weight is 192 g/mol. The number of nitrogens with two attached hydrogens (primary N) is 1. The van der Waals surface area contributed by atoms with Gasteiger partial charge in [-0.1, -0.05) is 18.2 Å². The van der Waals surface area contributed by atoms with Crippen LogP contribution in [0.1, 0.15) is 17.2 Å². The highest BCUT2D eigenvalue weighted by molar-refractivity contribution is 5.54. The van der Waals surface area contributed by atoms with Crippen LogP contribution in [0.2, 0.25) is 0 Å². The molecule has 4 nitrogen and oxygen atoms in total. The van der Waals surface area contributed by atoms with E-state index >= 15 is 0 Å². The van der Waals surface area contributed by atoms with Crippen molar-refractivity contribution in [2.24, 2.45) is 0 Å². The lowest BCUT2D eigenvalue weighted by Gasteiger charge is -2.15. The van der Waals surface area contributed by atoms with Crippen molar-refractivity contribution in [3.05, 3.63) is 29.3 Å². The number of nitrogen functional groups attached to an aromatic ring is 1.